The van der Waals surface area contributed by atoms with Gasteiger partial charge in [-0.25, -0.2) is 4.98 Å². The Bertz CT molecular complexity index is 797. The van der Waals surface area contributed by atoms with Crippen molar-refractivity contribution in [3.05, 3.63) is 27.0 Å². The predicted octanol–water partition coefficient (Wildman–Crippen LogP) is 5.15. The number of halogens is 1. The molecular formula is C21H28BrN3OS2. The van der Waals surface area contributed by atoms with Crippen molar-refractivity contribution in [3.63, 3.8) is 0 Å². The maximum atomic E-state index is 12.9. The molecule has 2 aliphatic rings. The Hall–Kier alpha value is -0.760. The van der Waals surface area contributed by atoms with E-state index >= 15 is 0 Å². The number of carbonyl (C=O) groups excluding carboxylic acids is 1. The number of nitrogens with zero attached hydrogens (tertiary/aromatic N) is 3. The summed E-state index contributed by atoms with van der Waals surface area (Å²) in [5.41, 5.74) is 0.904. The summed E-state index contributed by atoms with van der Waals surface area (Å²) in [7, 11) is 0. The van der Waals surface area contributed by atoms with Crippen LogP contribution in [0.5, 0.6) is 0 Å². The molecule has 2 saturated heterocycles. The Morgan fingerprint density at radius 3 is 2.79 bits per heavy atom. The van der Waals surface area contributed by atoms with Crippen LogP contribution >= 0.6 is 38.6 Å². The van der Waals surface area contributed by atoms with E-state index in [4.69, 9.17) is 4.98 Å². The van der Waals surface area contributed by atoms with Gasteiger partial charge in [0.2, 0.25) is 5.91 Å². The molecule has 0 spiro atoms. The molecule has 4 nitrogen and oxygen atoms in total. The molecule has 152 valence electrons. The Balaban J connectivity index is 1.30. The van der Waals surface area contributed by atoms with Crippen molar-refractivity contribution in [1.82, 2.24) is 14.8 Å². The van der Waals surface area contributed by atoms with E-state index in [1.807, 2.05) is 5.38 Å². The zero-order chi connectivity index (χ0) is 19.5. The lowest BCUT2D eigenvalue weighted by Crippen LogP contribution is -2.45. The van der Waals surface area contributed by atoms with Crippen LogP contribution in [0.1, 0.15) is 38.3 Å². The summed E-state index contributed by atoms with van der Waals surface area (Å²) in [5, 5.41) is 5.12. The molecule has 0 aromatic carbocycles. The van der Waals surface area contributed by atoms with Gasteiger partial charge in [-0.1, -0.05) is 6.92 Å². The molecule has 2 fully saturated rings. The minimum atomic E-state index is 0.237. The van der Waals surface area contributed by atoms with Crippen molar-refractivity contribution in [3.8, 4) is 9.88 Å². The third-order valence-electron chi connectivity index (χ3n) is 5.93. The molecule has 28 heavy (non-hydrogen) atoms. The zero-order valence-corrected chi connectivity index (χ0v) is 19.6. The van der Waals surface area contributed by atoms with Gasteiger partial charge in [0.15, 0.2) is 0 Å². The molecule has 0 radical (unpaired) electrons. The van der Waals surface area contributed by atoms with Gasteiger partial charge in [-0.2, -0.15) is 0 Å². The smallest absolute Gasteiger partial charge is 0.228 e. The fourth-order valence-corrected chi connectivity index (χ4v) is 6.57. The van der Waals surface area contributed by atoms with Gasteiger partial charge >= 0.3 is 0 Å². The highest BCUT2D eigenvalue weighted by Gasteiger charge is 2.27. The van der Waals surface area contributed by atoms with Crippen LogP contribution in [0.3, 0.4) is 0 Å². The lowest BCUT2D eigenvalue weighted by molar-refractivity contribution is -0.132. The number of aromatic nitrogens is 1. The van der Waals surface area contributed by atoms with Crippen LogP contribution in [0.25, 0.3) is 9.88 Å². The summed E-state index contributed by atoms with van der Waals surface area (Å²) in [6.45, 7) is 7.79. The number of thiophene rings is 1. The largest absolute Gasteiger partial charge is 0.342 e. The summed E-state index contributed by atoms with van der Waals surface area (Å²) >= 11 is 6.81. The summed E-state index contributed by atoms with van der Waals surface area (Å²) in [6.07, 6.45) is 5.46. The topological polar surface area (TPSA) is 36.4 Å². The van der Waals surface area contributed by atoms with Gasteiger partial charge in [0.05, 0.1) is 17.0 Å². The number of piperidine rings is 2. The van der Waals surface area contributed by atoms with Gasteiger partial charge in [0.1, 0.15) is 5.01 Å². The van der Waals surface area contributed by atoms with Crippen LogP contribution in [0, 0.1) is 11.8 Å². The highest BCUT2D eigenvalue weighted by atomic mass is 79.9. The number of hydrogen-bond donors (Lipinski definition) is 0. The van der Waals surface area contributed by atoms with Crippen LogP contribution in [0.15, 0.2) is 21.3 Å². The minimum absolute atomic E-state index is 0.237. The lowest BCUT2D eigenvalue weighted by atomic mass is 9.94. The van der Waals surface area contributed by atoms with E-state index in [9.17, 15) is 4.79 Å². The Kier molecular flexibility index (Phi) is 6.86. The summed E-state index contributed by atoms with van der Waals surface area (Å²) in [4.78, 5) is 23.4. The standard InChI is InChI=1S/C21H28BrN3OS2/c1-15-4-7-24(8-5-15)11-16-3-2-6-25(12-16)20(26)10-18-14-28-21(23-18)19-9-17(22)13-27-19/h9,13-16H,2-8,10-12H2,1H3. The van der Waals surface area contributed by atoms with Crippen molar-refractivity contribution in [1.29, 1.82) is 0 Å². The second-order valence-corrected chi connectivity index (χ2v) is 11.0. The lowest BCUT2D eigenvalue weighted by Gasteiger charge is -2.37. The second-order valence-electron chi connectivity index (χ2n) is 8.28. The molecule has 0 bridgehead atoms. The van der Waals surface area contributed by atoms with E-state index < -0.39 is 0 Å². The van der Waals surface area contributed by atoms with Crippen LogP contribution in [-0.2, 0) is 11.2 Å². The van der Waals surface area contributed by atoms with Crippen LogP contribution in [0.4, 0.5) is 0 Å². The molecule has 1 unspecified atom stereocenters. The van der Waals surface area contributed by atoms with Gasteiger partial charge in [-0.05, 0) is 72.6 Å². The molecule has 2 aromatic heterocycles. The Labute approximate surface area is 184 Å². The molecular weight excluding hydrogens is 454 g/mol. The molecule has 1 amide bonds. The first kappa shape index (κ1) is 20.5. The predicted molar refractivity (Wildman–Crippen MR) is 121 cm³/mol. The quantitative estimate of drug-likeness (QED) is 0.592. The molecule has 0 saturated carbocycles. The van der Waals surface area contributed by atoms with Crippen molar-refractivity contribution >= 4 is 44.5 Å². The molecule has 7 heteroatoms. The van der Waals surface area contributed by atoms with Gasteiger partial charge in [0.25, 0.3) is 0 Å². The molecule has 1 atom stereocenters. The van der Waals surface area contributed by atoms with Crippen LogP contribution in [-0.4, -0.2) is 53.4 Å². The third-order valence-corrected chi connectivity index (χ3v) is 8.68. The average molecular weight is 483 g/mol. The van der Waals surface area contributed by atoms with Crippen molar-refractivity contribution < 1.29 is 4.79 Å². The number of likely N-dealkylation sites (tertiary alicyclic amines) is 2. The van der Waals surface area contributed by atoms with E-state index in [1.165, 1.54) is 32.4 Å². The summed E-state index contributed by atoms with van der Waals surface area (Å²) < 4.78 is 1.09. The molecule has 0 N–H and O–H groups in total. The van der Waals surface area contributed by atoms with E-state index in [2.05, 4.69) is 44.1 Å². The highest BCUT2D eigenvalue weighted by molar-refractivity contribution is 9.10. The molecule has 2 aliphatic heterocycles. The summed E-state index contributed by atoms with van der Waals surface area (Å²) in [6, 6.07) is 2.09. The fraction of sp³-hybridized carbons (Fsp3) is 0.619. The van der Waals surface area contributed by atoms with E-state index in [1.54, 1.807) is 22.7 Å². The third kappa shape index (κ3) is 5.23. The first-order chi connectivity index (χ1) is 13.6. The van der Waals surface area contributed by atoms with Crippen molar-refractivity contribution in [2.45, 2.75) is 39.0 Å². The van der Waals surface area contributed by atoms with Gasteiger partial charge < -0.3 is 9.80 Å². The second kappa shape index (κ2) is 9.37. The number of hydrogen-bond acceptors (Lipinski definition) is 5. The Morgan fingerprint density at radius 2 is 2.04 bits per heavy atom. The van der Waals surface area contributed by atoms with Gasteiger partial charge in [-0.15, -0.1) is 22.7 Å². The minimum Gasteiger partial charge on any atom is -0.342 e. The normalized spacial score (nSPS) is 21.9. The maximum Gasteiger partial charge on any atom is 0.228 e. The number of thiazole rings is 1. The van der Waals surface area contributed by atoms with E-state index in [0.29, 0.717) is 12.3 Å². The number of rotatable bonds is 5. The molecule has 4 rings (SSSR count). The van der Waals surface area contributed by atoms with E-state index in [-0.39, 0.29) is 5.91 Å². The van der Waals surface area contributed by atoms with E-state index in [0.717, 1.165) is 52.0 Å². The monoisotopic (exact) mass is 481 g/mol. The maximum absolute atomic E-state index is 12.9. The zero-order valence-electron chi connectivity index (χ0n) is 16.4. The first-order valence-corrected chi connectivity index (χ1v) is 12.8. The van der Waals surface area contributed by atoms with Gasteiger partial charge in [0, 0.05) is 34.9 Å². The average Bonchev–Trinajstić information content (AvgIpc) is 3.33. The fourth-order valence-electron chi connectivity index (χ4n) is 4.24. The van der Waals surface area contributed by atoms with Crippen molar-refractivity contribution in [2.75, 3.05) is 32.7 Å². The first-order valence-electron chi connectivity index (χ1n) is 10.3. The van der Waals surface area contributed by atoms with Gasteiger partial charge in [-0.3, -0.25) is 4.79 Å². The van der Waals surface area contributed by atoms with Crippen LogP contribution in [0.2, 0.25) is 0 Å². The molecule has 0 aliphatic carbocycles. The number of carbonyl (C=O) groups is 1. The summed E-state index contributed by atoms with van der Waals surface area (Å²) in [5.74, 6) is 1.74. The molecule has 2 aromatic rings. The number of amides is 1. The highest BCUT2D eigenvalue weighted by Crippen LogP contribution is 2.32. The SMILES string of the molecule is CC1CCN(CC2CCCN(C(=O)Cc3csc(-c4cc(Br)cs4)n3)C2)CC1. The van der Waals surface area contributed by atoms with Crippen LogP contribution < -0.4 is 0 Å². The molecule has 4 heterocycles. The van der Waals surface area contributed by atoms with Crippen molar-refractivity contribution in [2.24, 2.45) is 11.8 Å². The Morgan fingerprint density at radius 1 is 1.21 bits per heavy atom.